The molecule has 1 atom stereocenters. The summed E-state index contributed by atoms with van der Waals surface area (Å²) < 4.78 is 3.19. The van der Waals surface area contributed by atoms with Gasteiger partial charge in [-0.15, -0.1) is 0 Å². The Morgan fingerprint density at radius 2 is 1.88 bits per heavy atom. The molecule has 1 N–H and O–H groups in total. The molecule has 0 bridgehead atoms. The van der Waals surface area contributed by atoms with Gasteiger partial charge in [-0.1, -0.05) is 61.0 Å². The summed E-state index contributed by atoms with van der Waals surface area (Å²) in [6.45, 7) is 3.22. The van der Waals surface area contributed by atoms with Crippen molar-refractivity contribution < 1.29 is 4.79 Å². The average Bonchev–Trinajstić information content (AvgIpc) is 3.22. The maximum atomic E-state index is 12.9. The van der Waals surface area contributed by atoms with E-state index in [1.165, 1.54) is 12.5 Å². The molecule has 4 rings (SSSR count). The first kappa shape index (κ1) is 21.8. The Morgan fingerprint density at radius 3 is 2.59 bits per heavy atom. The van der Waals surface area contributed by atoms with Crippen molar-refractivity contribution >= 4 is 28.5 Å². The molecule has 0 aliphatic heterocycles. The molecule has 0 aliphatic carbocycles. The van der Waals surface area contributed by atoms with Crippen molar-refractivity contribution in [1.82, 2.24) is 24.6 Å². The second kappa shape index (κ2) is 9.78. The number of fused-ring (bicyclic) bond motifs is 1. The molecule has 2 heterocycles. The van der Waals surface area contributed by atoms with Crippen molar-refractivity contribution in [1.29, 1.82) is 0 Å². The predicted molar refractivity (Wildman–Crippen MR) is 125 cm³/mol. The highest BCUT2D eigenvalue weighted by Crippen LogP contribution is 2.19. The number of amides is 1. The van der Waals surface area contributed by atoms with E-state index in [9.17, 15) is 9.59 Å². The third kappa shape index (κ3) is 4.73. The Kier molecular flexibility index (Phi) is 6.66. The number of nitrogens with zero attached hydrogens (tertiary/aromatic N) is 4. The highest BCUT2D eigenvalue weighted by Gasteiger charge is 2.18. The maximum absolute atomic E-state index is 12.9. The van der Waals surface area contributed by atoms with Gasteiger partial charge in [-0.3, -0.25) is 14.2 Å². The summed E-state index contributed by atoms with van der Waals surface area (Å²) in [4.78, 5) is 29.9. The fourth-order valence-corrected chi connectivity index (χ4v) is 3.85. The lowest BCUT2D eigenvalue weighted by Gasteiger charge is -2.15. The maximum Gasteiger partial charge on any atom is 0.264 e. The van der Waals surface area contributed by atoms with Gasteiger partial charge in [-0.05, 0) is 29.7 Å². The van der Waals surface area contributed by atoms with Crippen molar-refractivity contribution in [2.24, 2.45) is 0 Å². The van der Waals surface area contributed by atoms with E-state index in [2.05, 4.69) is 15.4 Å². The monoisotopic (exact) mass is 449 g/mol. The van der Waals surface area contributed by atoms with E-state index in [0.29, 0.717) is 35.7 Å². The highest BCUT2D eigenvalue weighted by molar-refractivity contribution is 6.30. The van der Waals surface area contributed by atoms with Crippen LogP contribution in [-0.4, -0.2) is 31.8 Å². The highest BCUT2D eigenvalue weighted by atomic mass is 35.5. The van der Waals surface area contributed by atoms with E-state index < -0.39 is 0 Å². The lowest BCUT2D eigenvalue weighted by Crippen LogP contribution is -2.32. The molecule has 8 heteroatoms. The predicted octanol–water partition coefficient (Wildman–Crippen LogP) is 3.60. The van der Waals surface area contributed by atoms with Gasteiger partial charge >= 0.3 is 0 Å². The van der Waals surface area contributed by atoms with Gasteiger partial charge in [0.15, 0.2) is 5.65 Å². The van der Waals surface area contributed by atoms with Gasteiger partial charge in [0.05, 0.1) is 25.2 Å². The van der Waals surface area contributed by atoms with Gasteiger partial charge in [0, 0.05) is 11.6 Å². The Morgan fingerprint density at radius 1 is 1.12 bits per heavy atom. The van der Waals surface area contributed by atoms with E-state index >= 15 is 0 Å². The first-order valence-corrected chi connectivity index (χ1v) is 10.9. The van der Waals surface area contributed by atoms with Crippen molar-refractivity contribution in [3.05, 3.63) is 93.6 Å². The van der Waals surface area contributed by atoms with Crippen molar-refractivity contribution in [3.8, 4) is 0 Å². The molecule has 0 saturated carbocycles. The van der Waals surface area contributed by atoms with Crippen LogP contribution in [0, 0.1) is 0 Å². The summed E-state index contributed by atoms with van der Waals surface area (Å²) in [6, 6.07) is 17.1. The van der Waals surface area contributed by atoms with Crippen LogP contribution in [0.3, 0.4) is 0 Å². The first-order valence-electron chi connectivity index (χ1n) is 10.5. The molecule has 0 radical (unpaired) electrons. The molecule has 7 nitrogen and oxygen atoms in total. The molecular formula is C24H24ClN5O2. The minimum Gasteiger partial charge on any atom is -0.354 e. The standard InChI is InChI=1S/C24H24ClN5O2/c1-2-20(18-6-4-3-5-7-18)23(31)26-12-13-30-22-21(14-28-30)24(32)29(16-27-22)15-17-8-10-19(25)11-9-17/h3-11,14,16,20H,2,12-13,15H2,1H3,(H,26,31). The van der Waals surface area contributed by atoms with Crippen LogP contribution in [0.25, 0.3) is 11.0 Å². The van der Waals surface area contributed by atoms with Crippen molar-refractivity contribution in [2.45, 2.75) is 32.4 Å². The number of hydrogen-bond donors (Lipinski definition) is 1. The van der Waals surface area contributed by atoms with E-state index in [0.717, 1.165) is 17.5 Å². The summed E-state index contributed by atoms with van der Waals surface area (Å²) in [5, 5.41) is 8.38. The van der Waals surface area contributed by atoms with Crippen LogP contribution in [0.1, 0.15) is 30.4 Å². The number of carbonyl (C=O) groups is 1. The van der Waals surface area contributed by atoms with Crippen LogP contribution >= 0.6 is 11.6 Å². The Labute approximate surface area is 190 Å². The molecule has 0 spiro atoms. The third-order valence-corrected chi connectivity index (χ3v) is 5.69. The zero-order chi connectivity index (χ0) is 22.5. The van der Waals surface area contributed by atoms with E-state index in [1.54, 1.807) is 21.4 Å². The summed E-state index contributed by atoms with van der Waals surface area (Å²) in [5.41, 5.74) is 2.30. The normalized spacial score (nSPS) is 12.1. The number of carbonyl (C=O) groups excluding carboxylic acids is 1. The Hall–Kier alpha value is -3.45. The van der Waals surface area contributed by atoms with E-state index in [1.807, 2.05) is 49.4 Å². The second-order valence-corrected chi connectivity index (χ2v) is 8.01. The number of rotatable bonds is 8. The van der Waals surface area contributed by atoms with E-state index in [4.69, 9.17) is 11.6 Å². The second-order valence-electron chi connectivity index (χ2n) is 7.57. The number of benzene rings is 2. The topological polar surface area (TPSA) is 81.8 Å². The lowest BCUT2D eigenvalue weighted by molar-refractivity contribution is -0.122. The fourth-order valence-electron chi connectivity index (χ4n) is 3.73. The third-order valence-electron chi connectivity index (χ3n) is 5.44. The SMILES string of the molecule is CCC(C(=O)NCCn1ncc2c(=O)n(Cc3ccc(Cl)cc3)cnc21)c1ccccc1. The van der Waals surface area contributed by atoms with Gasteiger partial charge in [0.2, 0.25) is 5.91 Å². The summed E-state index contributed by atoms with van der Waals surface area (Å²) >= 11 is 5.93. The van der Waals surface area contributed by atoms with Crippen LogP contribution in [0.5, 0.6) is 0 Å². The molecule has 2 aromatic carbocycles. The largest absolute Gasteiger partial charge is 0.354 e. The molecule has 2 aromatic heterocycles. The van der Waals surface area contributed by atoms with Crippen LogP contribution in [-0.2, 0) is 17.9 Å². The quantitative estimate of drug-likeness (QED) is 0.445. The van der Waals surface area contributed by atoms with Crippen LogP contribution in [0.2, 0.25) is 5.02 Å². The van der Waals surface area contributed by atoms with Crippen LogP contribution < -0.4 is 10.9 Å². The molecule has 1 unspecified atom stereocenters. The Balaban J connectivity index is 1.43. The molecule has 0 fully saturated rings. The molecule has 164 valence electrons. The molecular weight excluding hydrogens is 426 g/mol. The molecule has 1 amide bonds. The minimum atomic E-state index is -0.191. The lowest BCUT2D eigenvalue weighted by atomic mass is 9.96. The van der Waals surface area contributed by atoms with Crippen molar-refractivity contribution in [2.75, 3.05) is 6.54 Å². The van der Waals surface area contributed by atoms with Gasteiger partial charge < -0.3 is 5.32 Å². The van der Waals surface area contributed by atoms with E-state index in [-0.39, 0.29) is 17.4 Å². The molecule has 32 heavy (non-hydrogen) atoms. The van der Waals surface area contributed by atoms with Crippen LogP contribution in [0.15, 0.2) is 71.9 Å². The average molecular weight is 450 g/mol. The number of hydrogen-bond acceptors (Lipinski definition) is 4. The summed E-state index contributed by atoms with van der Waals surface area (Å²) in [5.74, 6) is -0.211. The minimum absolute atomic E-state index is 0.0200. The number of aromatic nitrogens is 4. The number of halogens is 1. The van der Waals surface area contributed by atoms with Gasteiger partial charge in [-0.25, -0.2) is 9.67 Å². The fraction of sp³-hybridized carbons (Fsp3) is 0.250. The molecule has 0 saturated heterocycles. The first-order chi connectivity index (χ1) is 15.6. The smallest absolute Gasteiger partial charge is 0.264 e. The summed E-state index contributed by atoms with van der Waals surface area (Å²) in [6.07, 6.45) is 3.78. The zero-order valence-corrected chi connectivity index (χ0v) is 18.5. The van der Waals surface area contributed by atoms with Gasteiger partial charge in [0.1, 0.15) is 11.7 Å². The van der Waals surface area contributed by atoms with Gasteiger partial charge in [-0.2, -0.15) is 5.10 Å². The molecule has 4 aromatic rings. The molecule has 0 aliphatic rings. The summed E-state index contributed by atoms with van der Waals surface area (Å²) in [7, 11) is 0. The van der Waals surface area contributed by atoms with Crippen molar-refractivity contribution in [3.63, 3.8) is 0 Å². The van der Waals surface area contributed by atoms with Gasteiger partial charge in [0.25, 0.3) is 5.56 Å². The van der Waals surface area contributed by atoms with Crippen LogP contribution in [0.4, 0.5) is 0 Å². The zero-order valence-electron chi connectivity index (χ0n) is 17.7. The number of nitrogens with one attached hydrogen (secondary N) is 1. The Bertz CT molecular complexity index is 1270.